The van der Waals surface area contributed by atoms with Gasteiger partial charge >= 0.3 is 12.6 Å². The fourth-order valence-electron chi connectivity index (χ4n) is 1.87. The maximum Gasteiger partial charge on any atom is 0.387 e. The Labute approximate surface area is 125 Å². The Kier molecular flexibility index (Phi) is 4.39. The summed E-state index contributed by atoms with van der Waals surface area (Å²) in [5, 5.41) is 7.17. The van der Waals surface area contributed by atoms with Crippen molar-refractivity contribution in [3.05, 3.63) is 29.8 Å². The molecule has 0 bridgehead atoms. The minimum Gasteiger partial charge on any atom is -0.435 e. The molecule has 0 aliphatic carbocycles. The molecule has 1 unspecified atom stereocenters. The standard InChI is InChI=1S/C14H15F2N3O3/c1-3-14(2)11(20)19(13(21)18-14)17-8-9-4-6-10(7-5-9)22-12(15)16/h4-8,12H,3H2,1-2H3,(H,18,21). The molecule has 1 fully saturated rings. The molecule has 1 atom stereocenters. The van der Waals surface area contributed by atoms with Crippen LogP contribution < -0.4 is 10.1 Å². The molecule has 3 amide bonds. The molecule has 0 saturated carbocycles. The fraction of sp³-hybridized carbons (Fsp3) is 0.357. The minimum absolute atomic E-state index is 0.0145. The molecule has 6 nitrogen and oxygen atoms in total. The monoisotopic (exact) mass is 311 g/mol. The number of rotatable bonds is 5. The second-order valence-corrected chi connectivity index (χ2v) is 4.92. The number of alkyl halides is 2. The van der Waals surface area contributed by atoms with E-state index >= 15 is 0 Å². The number of hydrazone groups is 1. The van der Waals surface area contributed by atoms with Gasteiger partial charge in [-0.15, -0.1) is 5.01 Å². The topological polar surface area (TPSA) is 71.0 Å². The van der Waals surface area contributed by atoms with E-state index < -0.39 is 24.1 Å². The van der Waals surface area contributed by atoms with Crippen LogP contribution in [0.3, 0.4) is 0 Å². The van der Waals surface area contributed by atoms with E-state index in [9.17, 15) is 18.4 Å². The van der Waals surface area contributed by atoms with Crippen molar-refractivity contribution >= 4 is 18.2 Å². The Morgan fingerprint density at radius 2 is 2.00 bits per heavy atom. The second kappa shape index (κ2) is 6.08. The number of hydrogen-bond acceptors (Lipinski definition) is 4. The number of carbonyl (C=O) groups excluding carboxylic acids is 2. The van der Waals surface area contributed by atoms with Crippen LogP contribution in [0.2, 0.25) is 0 Å². The lowest BCUT2D eigenvalue weighted by molar-refractivity contribution is -0.130. The van der Waals surface area contributed by atoms with E-state index in [-0.39, 0.29) is 5.75 Å². The minimum atomic E-state index is -2.89. The van der Waals surface area contributed by atoms with Crippen molar-refractivity contribution < 1.29 is 23.1 Å². The summed E-state index contributed by atoms with van der Waals surface area (Å²) in [7, 11) is 0. The fourth-order valence-corrected chi connectivity index (χ4v) is 1.87. The summed E-state index contributed by atoms with van der Waals surface area (Å²) in [4.78, 5) is 23.8. The van der Waals surface area contributed by atoms with E-state index in [1.807, 2.05) is 0 Å². The van der Waals surface area contributed by atoms with Crippen LogP contribution in [0.4, 0.5) is 13.6 Å². The number of nitrogens with one attached hydrogen (secondary N) is 1. The first-order chi connectivity index (χ1) is 10.4. The molecule has 8 heteroatoms. The third-order valence-corrected chi connectivity index (χ3v) is 3.37. The lowest BCUT2D eigenvalue weighted by atomic mass is 10.00. The highest BCUT2D eigenvalue weighted by molar-refractivity contribution is 6.07. The van der Waals surface area contributed by atoms with Crippen molar-refractivity contribution in [1.82, 2.24) is 10.3 Å². The molecule has 1 N–H and O–H groups in total. The summed E-state index contributed by atoms with van der Waals surface area (Å²) in [5.74, 6) is -0.422. The first kappa shape index (κ1) is 15.9. The number of amides is 3. The number of carbonyl (C=O) groups is 2. The average molecular weight is 311 g/mol. The highest BCUT2D eigenvalue weighted by Gasteiger charge is 2.46. The van der Waals surface area contributed by atoms with Crippen molar-refractivity contribution in [2.45, 2.75) is 32.4 Å². The van der Waals surface area contributed by atoms with Crippen molar-refractivity contribution in [3.8, 4) is 5.75 Å². The van der Waals surface area contributed by atoms with Crippen LogP contribution in [0, 0.1) is 0 Å². The third-order valence-electron chi connectivity index (χ3n) is 3.37. The zero-order valence-corrected chi connectivity index (χ0v) is 12.0. The summed E-state index contributed by atoms with van der Waals surface area (Å²) in [6, 6.07) is 5.06. The summed E-state index contributed by atoms with van der Waals surface area (Å²) in [6.07, 6.45) is 1.74. The van der Waals surface area contributed by atoms with E-state index in [4.69, 9.17) is 0 Å². The van der Waals surface area contributed by atoms with Gasteiger partial charge in [-0.1, -0.05) is 6.92 Å². The molecule has 0 spiro atoms. The van der Waals surface area contributed by atoms with E-state index in [0.29, 0.717) is 12.0 Å². The van der Waals surface area contributed by atoms with Crippen LogP contribution in [0.5, 0.6) is 5.75 Å². The number of hydrogen-bond donors (Lipinski definition) is 1. The summed E-state index contributed by atoms with van der Waals surface area (Å²) < 4.78 is 28.3. The lowest BCUT2D eigenvalue weighted by Gasteiger charge is -2.17. The van der Waals surface area contributed by atoms with Crippen LogP contribution in [0.25, 0.3) is 0 Å². The van der Waals surface area contributed by atoms with Gasteiger partial charge in [0.25, 0.3) is 5.91 Å². The summed E-state index contributed by atoms with van der Waals surface area (Å²) in [6.45, 7) is 0.518. The van der Waals surface area contributed by atoms with Gasteiger partial charge < -0.3 is 10.1 Å². The molecule has 1 aliphatic heterocycles. The molecule has 22 heavy (non-hydrogen) atoms. The molecule has 2 rings (SSSR count). The molecule has 1 heterocycles. The smallest absolute Gasteiger partial charge is 0.387 e. The van der Waals surface area contributed by atoms with E-state index in [2.05, 4.69) is 15.2 Å². The molecule has 118 valence electrons. The molecule has 0 radical (unpaired) electrons. The van der Waals surface area contributed by atoms with Gasteiger partial charge in [0.15, 0.2) is 0 Å². The number of halogens is 2. The van der Waals surface area contributed by atoms with Gasteiger partial charge in [0.05, 0.1) is 6.21 Å². The van der Waals surface area contributed by atoms with Gasteiger partial charge in [-0.3, -0.25) is 4.79 Å². The quantitative estimate of drug-likeness (QED) is 0.670. The Morgan fingerprint density at radius 1 is 1.36 bits per heavy atom. The van der Waals surface area contributed by atoms with Crippen LogP contribution in [-0.2, 0) is 4.79 Å². The van der Waals surface area contributed by atoms with Gasteiger partial charge in [0.2, 0.25) is 0 Å². The first-order valence-electron chi connectivity index (χ1n) is 6.61. The van der Waals surface area contributed by atoms with Crippen molar-refractivity contribution in [3.63, 3.8) is 0 Å². The number of ether oxygens (including phenoxy) is 1. The maximum atomic E-state index is 12.1. The predicted octanol–water partition coefficient (Wildman–Crippen LogP) is 2.34. The Balaban J connectivity index is 2.09. The average Bonchev–Trinajstić information content (AvgIpc) is 2.69. The van der Waals surface area contributed by atoms with Crippen molar-refractivity contribution in [2.75, 3.05) is 0 Å². The normalized spacial score (nSPS) is 21.8. The van der Waals surface area contributed by atoms with E-state index in [1.165, 1.54) is 30.5 Å². The first-order valence-corrected chi connectivity index (χ1v) is 6.61. The molecular weight excluding hydrogens is 296 g/mol. The van der Waals surface area contributed by atoms with Gasteiger partial charge in [-0.05, 0) is 43.2 Å². The van der Waals surface area contributed by atoms with E-state index in [1.54, 1.807) is 13.8 Å². The lowest BCUT2D eigenvalue weighted by Crippen LogP contribution is -2.42. The number of imide groups is 1. The molecule has 1 aliphatic rings. The Morgan fingerprint density at radius 3 is 2.50 bits per heavy atom. The maximum absolute atomic E-state index is 12.1. The molecule has 0 aromatic heterocycles. The zero-order valence-electron chi connectivity index (χ0n) is 12.0. The summed E-state index contributed by atoms with van der Waals surface area (Å²) >= 11 is 0. The van der Waals surface area contributed by atoms with Gasteiger partial charge in [0.1, 0.15) is 11.3 Å². The molecule has 1 saturated heterocycles. The third kappa shape index (κ3) is 3.21. The predicted molar refractivity (Wildman–Crippen MR) is 74.7 cm³/mol. The SMILES string of the molecule is CCC1(C)NC(=O)N(N=Cc2ccc(OC(F)F)cc2)C1=O. The van der Waals surface area contributed by atoms with Gasteiger partial charge in [-0.25, -0.2) is 4.79 Å². The van der Waals surface area contributed by atoms with Gasteiger partial charge in [0, 0.05) is 0 Å². The van der Waals surface area contributed by atoms with E-state index in [0.717, 1.165) is 5.01 Å². The van der Waals surface area contributed by atoms with Crippen LogP contribution in [0.1, 0.15) is 25.8 Å². The van der Waals surface area contributed by atoms with Crippen LogP contribution in [-0.4, -0.2) is 35.3 Å². The molecule has 1 aromatic rings. The summed E-state index contributed by atoms with van der Waals surface area (Å²) in [5.41, 5.74) is -0.420. The molecular formula is C14H15F2N3O3. The van der Waals surface area contributed by atoms with Crippen molar-refractivity contribution in [2.24, 2.45) is 5.10 Å². The highest BCUT2D eigenvalue weighted by Crippen LogP contribution is 2.21. The number of nitrogens with zero attached hydrogens (tertiary/aromatic N) is 2. The largest absolute Gasteiger partial charge is 0.435 e. The van der Waals surface area contributed by atoms with Crippen LogP contribution >= 0.6 is 0 Å². The Bertz CT molecular complexity index is 604. The Hall–Kier alpha value is -2.51. The van der Waals surface area contributed by atoms with Gasteiger partial charge in [-0.2, -0.15) is 13.9 Å². The van der Waals surface area contributed by atoms with Crippen LogP contribution in [0.15, 0.2) is 29.4 Å². The van der Waals surface area contributed by atoms with Crippen molar-refractivity contribution in [1.29, 1.82) is 0 Å². The number of benzene rings is 1. The zero-order chi connectivity index (χ0) is 16.3. The second-order valence-electron chi connectivity index (χ2n) is 4.92. The molecule has 1 aromatic carbocycles. The number of urea groups is 1. The highest BCUT2D eigenvalue weighted by atomic mass is 19.3.